The second kappa shape index (κ2) is 8.11. The first-order chi connectivity index (χ1) is 13.3. The number of benzene rings is 2. The molecule has 2 atom stereocenters. The first-order valence-electron chi connectivity index (χ1n) is 9.47. The Labute approximate surface area is 159 Å². The highest BCUT2D eigenvalue weighted by Crippen LogP contribution is 2.52. The lowest BCUT2D eigenvalue weighted by Gasteiger charge is -2.19. The summed E-state index contributed by atoms with van der Waals surface area (Å²) in [4.78, 5) is 12.1. The predicted octanol–water partition coefficient (Wildman–Crippen LogP) is 3.98. The highest BCUT2D eigenvalue weighted by atomic mass is 16.7. The fourth-order valence-electron chi connectivity index (χ4n) is 3.57. The molecule has 0 amide bonds. The van der Waals surface area contributed by atoms with Crippen molar-refractivity contribution >= 4 is 5.97 Å². The number of ether oxygens (including phenoxy) is 4. The van der Waals surface area contributed by atoms with Crippen LogP contribution in [0.5, 0.6) is 5.75 Å². The molecule has 0 aromatic heterocycles. The van der Waals surface area contributed by atoms with Crippen LogP contribution in [-0.2, 0) is 25.6 Å². The van der Waals surface area contributed by atoms with Gasteiger partial charge in [-0.25, -0.2) is 0 Å². The summed E-state index contributed by atoms with van der Waals surface area (Å²) in [6, 6.07) is 16.0. The van der Waals surface area contributed by atoms with E-state index in [1.807, 2.05) is 55.5 Å². The van der Waals surface area contributed by atoms with Crippen molar-refractivity contribution in [1.29, 1.82) is 0 Å². The standard InChI is InChI=1S/C22H24O5/c1-2-24-21(23)18-13-17(18)16-9-6-10-19(20(16)22-25-11-12-26-22)27-14-15-7-4-3-5-8-15/h3-10,17-18,22H,2,11-14H2,1H3/t17-,18+/m0/s1. The Balaban J connectivity index is 1.58. The van der Waals surface area contributed by atoms with Crippen LogP contribution < -0.4 is 4.74 Å². The lowest BCUT2D eigenvalue weighted by molar-refractivity contribution is -0.144. The van der Waals surface area contributed by atoms with Crippen molar-refractivity contribution in [3.8, 4) is 5.75 Å². The Morgan fingerprint density at radius 3 is 2.59 bits per heavy atom. The minimum atomic E-state index is -0.449. The van der Waals surface area contributed by atoms with Crippen LogP contribution in [0.4, 0.5) is 0 Å². The molecule has 1 heterocycles. The molecule has 0 bridgehead atoms. The fraction of sp³-hybridized carbons (Fsp3) is 0.409. The van der Waals surface area contributed by atoms with Gasteiger partial charge in [0.05, 0.1) is 31.3 Å². The number of esters is 1. The molecule has 27 heavy (non-hydrogen) atoms. The Hall–Kier alpha value is -2.37. The van der Waals surface area contributed by atoms with Gasteiger partial charge >= 0.3 is 5.97 Å². The quantitative estimate of drug-likeness (QED) is 0.692. The molecule has 142 valence electrons. The summed E-state index contributed by atoms with van der Waals surface area (Å²) in [6.45, 7) is 3.82. The summed E-state index contributed by atoms with van der Waals surface area (Å²) in [7, 11) is 0. The first kappa shape index (κ1) is 18.0. The Bertz CT molecular complexity index is 783. The van der Waals surface area contributed by atoms with Gasteiger partial charge in [0.25, 0.3) is 0 Å². The van der Waals surface area contributed by atoms with Crippen molar-refractivity contribution in [1.82, 2.24) is 0 Å². The minimum Gasteiger partial charge on any atom is -0.488 e. The van der Waals surface area contributed by atoms with Crippen LogP contribution >= 0.6 is 0 Å². The van der Waals surface area contributed by atoms with Crippen molar-refractivity contribution in [2.24, 2.45) is 5.92 Å². The number of carbonyl (C=O) groups is 1. The first-order valence-corrected chi connectivity index (χ1v) is 9.47. The zero-order chi connectivity index (χ0) is 18.6. The van der Waals surface area contributed by atoms with Gasteiger partial charge in [-0.1, -0.05) is 42.5 Å². The molecule has 2 aromatic carbocycles. The summed E-state index contributed by atoms with van der Waals surface area (Å²) in [5.74, 6) is 0.664. The van der Waals surface area contributed by atoms with Crippen molar-refractivity contribution in [2.75, 3.05) is 19.8 Å². The van der Waals surface area contributed by atoms with Crippen LogP contribution in [0.25, 0.3) is 0 Å². The average Bonchev–Trinajstić information content (AvgIpc) is 3.32. The van der Waals surface area contributed by atoms with E-state index in [1.165, 1.54) is 0 Å². The molecule has 1 saturated heterocycles. The van der Waals surface area contributed by atoms with E-state index in [1.54, 1.807) is 0 Å². The van der Waals surface area contributed by atoms with Crippen molar-refractivity contribution in [3.05, 3.63) is 65.2 Å². The molecule has 0 unspecified atom stereocenters. The average molecular weight is 368 g/mol. The van der Waals surface area contributed by atoms with Gasteiger partial charge in [-0.3, -0.25) is 4.79 Å². The summed E-state index contributed by atoms with van der Waals surface area (Å²) >= 11 is 0. The number of rotatable bonds is 7. The zero-order valence-corrected chi connectivity index (χ0v) is 15.4. The van der Waals surface area contributed by atoms with Gasteiger partial charge in [-0.15, -0.1) is 0 Å². The zero-order valence-electron chi connectivity index (χ0n) is 15.4. The van der Waals surface area contributed by atoms with E-state index in [0.29, 0.717) is 26.4 Å². The molecular formula is C22H24O5. The molecular weight excluding hydrogens is 344 g/mol. The largest absolute Gasteiger partial charge is 0.488 e. The predicted molar refractivity (Wildman–Crippen MR) is 99.3 cm³/mol. The second-order valence-corrected chi connectivity index (χ2v) is 6.81. The van der Waals surface area contributed by atoms with Gasteiger partial charge in [0.1, 0.15) is 12.4 Å². The van der Waals surface area contributed by atoms with Crippen molar-refractivity contribution in [3.63, 3.8) is 0 Å². The summed E-state index contributed by atoms with van der Waals surface area (Å²) in [6.07, 6.45) is 0.344. The van der Waals surface area contributed by atoms with Gasteiger partial charge in [0.15, 0.2) is 6.29 Å². The highest BCUT2D eigenvalue weighted by molar-refractivity contribution is 5.77. The Kier molecular flexibility index (Phi) is 5.41. The van der Waals surface area contributed by atoms with Crippen LogP contribution in [0, 0.1) is 5.92 Å². The number of hydrogen-bond acceptors (Lipinski definition) is 5. The van der Waals surface area contributed by atoms with E-state index in [0.717, 1.165) is 28.9 Å². The smallest absolute Gasteiger partial charge is 0.309 e. The lowest BCUT2D eigenvalue weighted by atomic mass is 10.00. The van der Waals surface area contributed by atoms with Crippen LogP contribution in [0.2, 0.25) is 0 Å². The molecule has 2 fully saturated rings. The highest BCUT2D eigenvalue weighted by Gasteiger charge is 2.47. The monoisotopic (exact) mass is 368 g/mol. The maximum atomic E-state index is 12.1. The third kappa shape index (κ3) is 3.99. The number of carbonyl (C=O) groups excluding carboxylic acids is 1. The van der Waals surface area contributed by atoms with Crippen molar-refractivity contribution < 1.29 is 23.7 Å². The third-order valence-electron chi connectivity index (χ3n) is 4.97. The fourth-order valence-corrected chi connectivity index (χ4v) is 3.57. The molecule has 4 rings (SSSR count). The van der Waals surface area contributed by atoms with Crippen molar-refractivity contribution in [2.45, 2.75) is 32.2 Å². The van der Waals surface area contributed by atoms with Crippen LogP contribution in [0.3, 0.4) is 0 Å². The molecule has 0 radical (unpaired) electrons. The second-order valence-electron chi connectivity index (χ2n) is 6.81. The van der Waals surface area contributed by atoms with Crippen LogP contribution in [0.1, 0.15) is 42.2 Å². The van der Waals surface area contributed by atoms with E-state index in [2.05, 4.69) is 0 Å². The minimum absolute atomic E-state index is 0.0884. The molecule has 0 spiro atoms. The molecule has 0 N–H and O–H groups in total. The molecule has 5 heteroatoms. The van der Waals surface area contributed by atoms with E-state index in [9.17, 15) is 4.79 Å². The van der Waals surface area contributed by atoms with Crippen LogP contribution in [-0.4, -0.2) is 25.8 Å². The van der Waals surface area contributed by atoms with Gasteiger partial charge in [0.2, 0.25) is 0 Å². The van der Waals surface area contributed by atoms with Crippen LogP contribution in [0.15, 0.2) is 48.5 Å². The molecule has 2 aromatic rings. The summed E-state index contributed by atoms with van der Waals surface area (Å²) < 4.78 is 22.9. The molecule has 1 saturated carbocycles. The number of hydrogen-bond donors (Lipinski definition) is 0. The molecule has 5 nitrogen and oxygen atoms in total. The maximum Gasteiger partial charge on any atom is 0.309 e. The van der Waals surface area contributed by atoms with Gasteiger partial charge < -0.3 is 18.9 Å². The maximum absolute atomic E-state index is 12.1. The summed E-state index contributed by atoms with van der Waals surface area (Å²) in [5.41, 5.74) is 3.06. The van der Waals surface area contributed by atoms with E-state index in [-0.39, 0.29) is 17.8 Å². The molecule has 1 aliphatic carbocycles. The van der Waals surface area contributed by atoms with Gasteiger partial charge in [-0.05, 0) is 36.5 Å². The van der Waals surface area contributed by atoms with E-state index in [4.69, 9.17) is 18.9 Å². The SMILES string of the molecule is CCOC(=O)[C@@H]1C[C@H]1c1cccc(OCc2ccccc2)c1C1OCCO1. The third-order valence-corrected chi connectivity index (χ3v) is 4.97. The Morgan fingerprint density at radius 1 is 1.07 bits per heavy atom. The lowest BCUT2D eigenvalue weighted by Crippen LogP contribution is -2.10. The Morgan fingerprint density at radius 2 is 1.85 bits per heavy atom. The van der Waals surface area contributed by atoms with Gasteiger partial charge in [0, 0.05) is 0 Å². The molecule has 1 aliphatic heterocycles. The molecule has 2 aliphatic rings. The topological polar surface area (TPSA) is 54.0 Å². The van der Waals surface area contributed by atoms with Gasteiger partial charge in [-0.2, -0.15) is 0 Å². The van der Waals surface area contributed by atoms with E-state index >= 15 is 0 Å². The van der Waals surface area contributed by atoms with E-state index < -0.39 is 6.29 Å². The normalized spacial score (nSPS) is 21.8. The summed E-state index contributed by atoms with van der Waals surface area (Å²) in [5, 5.41) is 0.